The molecule has 0 aliphatic rings. The van der Waals surface area contributed by atoms with Crippen molar-refractivity contribution in [3.05, 3.63) is 0 Å². The highest BCUT2D eigenvalue weighted by Crippen LogP contribution is 1.89. The summed E-state index contributed by atoms with van der Waals surface area (Å²) in [4.78, 5) is 24.3. The second kappa shape index (κ2) is 7.22. The fourth-order valence-electron chi connectivity index (χ4n) is 1.10. The van der Waals surface area contributed by atoms with E-state index in [-0.39, 0.29) is 24.4 Å². The van der Waals surface area contributed by atoms with E-state index in [1.54, 1.807) is 21.0 Å². The van der Waals surface area contributed by atoms with E-state index in [2.05, 4.69) is 10.6 Å². The number of hydrogen-bond donors (Lipinski definition) is 2. The minimum absolute atomic E-state index is 0.0309. The Morgan fingerprint density at radius 1 is 1.19 bits per heavy atom. The Bertz CT molecular complexity index is 239. The van der Waals surface area contributed by atoms with Gasteiger partial charge in [-0.25, -0.2) is 0 Å². The molecule has 0 bridgehead atoms. The molecule has 0 aliphatic carbocycles. The molecule has 0 rings (SSSR count). The first-order chi connectivity index (χ1) is 7.34. The summed E-state index contributed by atoms with van der Waals surface area (Å²) >= 11 is 0. The Balaban J connectivity index is 3.79. The Labute approximate surface area is 97.6 Å². The molecule has 5 nitrogen and oxygen atoms in total. The fraction of sp³-hybridized carbons (Fsp3) is 0.818. The fourth-order valence-corrected chi connectivity index (χ4v) is 1.10. The van der Waals surface area contributed by atoms with Gasteiger partial charge in [-0.15, -0.1) is 0 Å². The number of rotatable bonds is 6. The van der Waals surface area contributed by atoms with Gasteiger partial charge in [0.15, 0.2) is 0 Å². The topological polar surface area (TPSA) is 61.4 Å². The summed E-state index contributed by atoms with van der Waals surface area (Å²) in [5.41, 5.74) is 0. The molecule has 2 amide bonds. The monoisotopic (exact) mass is 229 g/mol. The molecule has 2 N–H and O–H groups in total. The average Bonchev–Trinajstić information content (AvgIpc) is 2.21. The van der Waals surface area contributed by atoms with Gasteiger partial charge in [-0.05, 0) is 12.8 Å². The molecule has 0 aromatic heterocycles. The Morgan fingerprint density at radius 3 is 2.19 bits per heavy atom. The average molecular weight is 229 g/mol. The molecule has 5 heteroatoms. The number of nitrogens with one attached hydrogen (secondary N) is 2. The van der Waals surface area contributed by atoms with Crippen LogP contribution in [0, 0.1) is 5.92 Å². The van der Waals surface area contributed by atoms with Gasteiger partial charge in [-0.1, -0.05) is 13.8 Å². The van der Waals surface area contributed by atoms with Crippen LogP contribution in [0.5, 0.6) is 0 Å². The third-order valence-corrected chi connectivity index (χ3v) is 2.09. The number of carbonyl (C=O) groups excluding carboxylic acids is 2. The van der Waals surface area contributed by atoms with Crippen LogP contribution in [0.1, 0.15) is 20.8 Å². The third-order valence-electron chi connectivity index (χ3n) is 2.09. The molecule has 0 heterocycles. The van der Waals surface area contributed by atoms with Gasteiger partial charge >= 0.3 is 0 Å². The maximum absolute atomic E-state index is 11.5. The quantitative estimate of drug-likeness (QED) is 0.664. The van der Waals surface area contributed by atoms with E-state index in [1.165, 1.54) is 4.90 Å². The van der Waals surface area contributed by atoms with Crippen molar-refractivity contribution in [1.29, 1.82) is 0 Å². The number of nitrogens with zero attached hydrogens (tertiary/aromatic N) is 1. The number of carbonyl (C=O) groups is 2. The van der Waals surface area contributed by atoms with Gasteiger partial charge in [0.25, 0.3) is 0 Å². The summed E-state index contributed by atoms with van der Waals surface area (Å²) in [5.74, 6) is 0.327. The second-order valence-electron chi connectivity index (χ2n) is 4.53. The standard InChI is InChI=1S/C11H23N3O2/c1-8(2)6-13-10(15)7-12-9(3)11(16)14(4)5/h8-9,12H,6-7H2,1-5H3,(H,13,15). The smallest absolute Gasteiger partial charge is 0.238 e. The first-order valence-corrected chi connectivity index (χ1v) is 5.55. The lowest BCUT2D eigenvalue weighted by molar-refractivity contribution is -0.130. The van der Waals surface area contributed by atoms with Crippen LogP contribution in [0.15, 0.2) is 0 Å². The zero-order valence-electron chi connectivity index (χ0n) is 10.8. The summed E-state index contributed by atoms with van der Waals surface area (Å²) in [6.07, 6.45) is 0. The zero-order valence-corrected chi connectivity index (χ0v) is 10.8. The van der Waals surface area contributed by atoms with Crippen molar-refractivity contribution in [1.82, 2.24) is 15.5 Å². The molecule has 0 aromatic rings. The minimum Gasteiger partial charge on any atom is -0.355 e. The highest BCUT2D eigenvalue weighted by atomic mass is 16.2. The predicted octanol–water partition coefficient (Wildman–Crippen LogP) is -0.175. The molecule has 1 atom stereocenters. The molecule has 1 unspecified atom stereocenters. The molecule has 0 spiro atoms. The number of hydrogen-bond acceptors (Lipinski definition) is 3. The van der Waals surface area contributed by atoms with Gasteiger partial charge in [-0.2, -0.15) is 0 Å². The van der Waals surface area contributed by atoms with Crippen molar-refractivity contribution in [2.75, 3.05) is 27.2 Å². The van der Waals surface area contributed by atoms with Gasteiger partial charge in [0, 0.05) is 20.6 Å². The van der Waals surface area contributed by atoms with Crippen LogP contribution in [-0.2, 0) is 9.59 Å². The molecule has 94 valence electrons. The van der Waals surface area contributed by atoms with E-state index in [9.17, 15) is 9.59 Å². The van der Waals surface area contributed by atoms with Crippen LogP contribution >= 0.6 is 0 Å². The van der Waals surface area contributed by atoms with Crippen molar-refractivity contribution in [3.8, 4) is 0 Å². The van der Waals surface area contributed by atoms with Crippen molar-refractivity contribution in [2.45, 2.75) is 26.8 Å². The molecule has 0 aromatic carbocycles. The van der Waals surface area contributed by atoms with Crippen LogP contribution in [0.3, 0.4) is 0 Å². The lowest BCUT2D eigenvalue weighted by Crippen LogP contribution is -2.45. The Hall–Kier alpha value is -1.10. The van der Waals surface area contributed by atoms with Crippen molar-refractivity contribution < 1.29 is 9.59 Å². The lowest BCUT2D eigenvalue weighted by atomic mass is 10.2. The van der Waals surface area contributed by atoms with Crippen LogP contribution in [-0.4, -0.2) is 49.9 Å². The molecule has 0 aliphatic heterocycles. The molecule has 0 saturated heterocycles. The van der Waals surface area contributed by atoms with Gasteiger partial charge in [0.05, 0.1) is 12.6 Å². The predicted molar refractivity (Wildman–Crippen MR) is 64.0 cm³/mol. The second-order valence-corrected chi connectivity index (χ2v) is 4.53. The molecular weight excluding hydrogens is 206 g/mol. The van der Waals surface area contributed by atoms with E-state index < -0.39 is 0 Å². The summed E-state index contributed by atoms with van der Waals surface area (Å²) in [6, 6.07) is -0.334. The first-order valence-electron chi connectivity index (χ1n) is 5.55. The van der Waals surface area contributed by atoms with E-state index in [1.807, 2.05) is 13.8 Å². The van der Waals surface area contributed by atoms with Gasteiger partial charge < -0.3 is 10.2 Å². The number of amides is 2. The van der Waals surface area contributed by atoms with Gasteiger partial charge in [0.1, 0.15) is 0 Å². The zero-order chi connectivity index (χ0) is 12.7. The molecular formula is C11H23N3O2. The molecule has 0 fully saturated rings. The minimum atomic E-state index is -0.334. The first kappa shape index (κ1) is 14.9. The SMILES string of the molecule is CC(C)CNC(=O)CNC(C)C(=O)N(C)C. The van der Waals surface area contributed by atoms with Crippen LogP contribution < -0.4 is 10.6 Å². The van der Waals surface area contributed by atoms with E-state index in [4.69, 9.17) is 0 Å². The Kier molecular flexibility index (Phi) is 6.72. The van der Waals surface area contributed by atoms with Gasteiger partial charge in [-0.3, -0.25) is 14.9 Å². The lowest BCUT2D eigenvalue weighted by Gasteiger charge is -2.17. The van der Waals surface area contributed by atoms with E-state index in [0.29, 0.717) is 12.5 Å². The summed E-state index contributed by atoms with van der Waals surface area (Å²) in [5, 5.41) is 5.66. The summed E-state index contributed by atoms with van der Waals surface area (Å²) < 4.78 is 0. The maximum atomic E-state index is 11.5. The third kappa shape index (κ3) is 6.40. The Morgan fingerprint density at radius 2 is 1.75 bits per heavy atom. The molecule has 16 heavy (non-hydrogen) atoms. The van der Waals surface area contributed by atoms with Crippen LogP contribution in [0.25, 0.3) is 0 Å². The summed E-state index contributed by atoms with van der Waals surface area (Å²) in [6.45, 7) is 6.65. The van der Waals surface area contributed by atoms with Crippen molar-refractivity contribution >= 4 is 11.8 Å². The van der Waals surface area contributed by atoms with Crippen LogP contribution in [0.4, 0.5) is 0 Å². The summed E-state index contributed by atoms with van der Waals surface area (Å²) in [7, 11) is 3.39. The van der Waals surface area contributed by atoms with E-state index >= 15 is 0 Å². The highest BCUT2D eigenvalue weighted by Gasteiger charge is 2.14. The normalized spacial score (nSPS) is 12.4. The van der Waals surface area contributed by atoms with Crippen molar-refractivity contribution in [3.63, 3.8) is 0 Å². The number of likely N-dealkylation sites (N-methyl/N-ethyl adjacent to an activating group) is 1. The molecule has 0 saturated carbocycles. The molecule has 0 radical (unpaired) electrons. The van der Waals surface area contributed by atoms with E-state index in [0.717, 1.165) is 0 Å². The van der Waals surface area contributed by atoms with Crippen molar-refractivity contribution in [2.24, 2.45) is 5.92 Å². The van der Waals surface area contributed by atoms with Gasteiger partial charge in [0.2, 0.25) is 11.8 Å². The largest absolute Gasteiger partial charge is 0.355 e. The maximum Gasteiger partial charge on any atom is 0.238 e. The highest BCUT2D eigenvalue weighted by molar-refractivity contribution is 5.83. The van der Waals surface area contributed by atoms with Crippen LogP contribution in [0.2, 0.25) is 0 Å².